The first kappa shape index (κ1) is 21.4. The van der Waals surface area contributed by atoms with Crippen LogP contribution in [0.5, 0.6) is 0 Å². The van der Waals surface area contributed by atoms with Gasteiger partial charge in [-0.25, -0.2) is 0 Å². The number of likely N-dealkylation sites (N-methyl/N-ethyl adjacent to an activating group) is 1. The van der Waals surface area contributed by atoms with Gasteiger partial charge in [0, 0.05) is 61.0 Å². The highest BCUT2D eigenvalue weighted by Crippen LogP contribution is 2.34. The van der Waals surface area contributed by atoms with Crippen molar-refractivity contribution in [2.45, 2.75) is 20.4 Å². The Morgan fingerprint density at radius 3 is 2.69 bits per heavy atom. The molecule has 0 fully saturated rings. The molecule has 0 unspecified atom stereocenters. The number of hydrogen-bond acceptors (Lipinski definition) is 5. The van der Waals surface area contributed by atoms with Crippen LogP contribution >= 0.6 is 23.2 Å². The van der Waals surface area contributed by atoms with E-state index in [9.17, 15) is 4.79 Å². The Bertz CT molecular complexity index is 1020. The molecule has 2 heterocycles. The molecule has 0 saturated heterocycles. The van der Waals surface area contributed by atoms with Gasteiger partial charge in [0.1, 0.15) is 0 Å². The van der Waals surface area contributed by atoms with Crippen molar-refractivity contribution in [3.63, 3.8) is 0 Å². The van der Waals surface area contributed by atoms with Crippen molar-refractivity contribution in [3.05, 3.63) is 46.1 Å². The lowest BCUT2D eigenvalue weighted by atomic mass is 10.0. The maximum absolute atomic E-state index is 11.5. The Kier molecular flexibility index (Phi) is 6.95. The van der Waals surface area contributed by atoms with Gasteiger partial charge in [-0.3, -0.25) is 9.20 Å². The van der Waals surface area contributed by atoms with E-state index in [2.05, 4.69) is 27.3 Å². The third-order valence-corrected chi connectivity index (χ3v) is 5.14. The highest BCUT2D eigenvalue weighted by molar-refractivity contribution is 6.36. The Balaban J connectivity index is 2.15. The van der Waals surface area contributed by atoms with Crippen molar-refractivity contribution in [3.8, 4) is 11.1 Å². The second kappa shape index (κ2) is 9.43. The largest absolute Gasteiger partial charge is 0.383 e. The summed E-state index contributed by atoms with van der Waals surface area (Å²) >= 11 is 12.6. The first-order valence-corrected chi connectivity index (χ1v) is 10.0. The SMILES string of the molecule is CCN(CCOC)c1nnc2cc(CNC(C)=O)c(-c3ccc(Cl)cc3Cl)cn12. The molecule has 0 bridgehead atoms. The molecular weight excluding hydrogens is 413 g/mol. The van der Waals surface area contributed by atoms with Crippen LogP contribution in [0.2, 0.25) is 10.0 Å². The molecule has 3 aromatic rings. The fourth-order valence-electron chi connectivity index (χ4n) is 3.10. The first-order chi connectivity index (χ1) is 13.9. The van der Waals surface area contributed by atoms with Crippen molar-refractivity contribution in [2.75, 3.05) is 31.7 Å². The molecule has 1 aromatic carbocycles. The van der Waals surface area contributed by atoms with E-state index in [-0.39, 0.29) is 5.91 Å². The Morgan fingerprint density at radius 1 is 1.24 bits per heavy atom. The number of fused-ring (bicyclic) bond motifs is 1. The van der Waals surface area contributed by atoms with Gasteiger partial charge in [-0.05, 0) is 30.7 Å². The zero-order valence-electron chi connectivity index (χ0n) is 16.6. The number of benzene rings is 1. The number of nitrogens with one attached hydrogen (secondary N) is 1. The molecule has 0 aliphatic carbocycles. The lowest BCUT2D eigenvalue weighted by molar-refractivity contribution is -0.119. The van der Waals surface area contributed by atoms with E-state index in [1.54, 1.807) is 19.2 Å². The molecular formula is C20H23Cl2N5O2. The predicted molar refractivity (Wildman–Crippen MR) is 116 cm³/mol. The third-order valence-electron chi connectivity index (χ3n) is 4.59. The Morgan fingerprint density at radius 2 is 2.03 bits per heavy atom. The van der Waals surface area contributed by atoms with Crippen molar-refractivity contribution in [2.24, 2.45) is 0 Å². The lowest BCUT2D eigenvalue weighted by Crippen LogP contribution is -2.28. The highest BCUT2D eigenvalue weighted by atomic mass is 35.5. The summed E-state index contributed by atoms with van der Waals surface area (Å²) in [6.07, 6.45) is 1.95. The maximum atomic E-state index is 11.5. The van der Waals surface area contributed by atoms with Crippen LogP contribution < -0.4 is 10.2 Å². The van der Waals surface area contributed by atoms with Crippen molar-refractivity contribution in [1.29, 1.82) is 0 Å². The number of nitrogens with zero attached hydrogens (tertiary/aromatic N) is 4. The number of carbonyl (C=O) groups is 1. The minimum absolute atomic E-state index is 0.114. The molecule has 154 valence electrons. The minimum Gasteiger partial charge on any atom is -0.383 e. The van der Waals surface area contributed by atoms with Crippen molar-refractivity contribution in [1.82, 2.24) is 19.9 Å². The fourth-order valence-corrected chi connectivity index (χ4v) is 3.61. The smallest absolute Gasteiger partial charge is 0.231 e. The number of halogens is 2. The van der Waals surface area contributed by atoms with E-state index in [4.69, 9.17) is 27.9 Å². The molecule has 0 saturated carbocycles. The van der Waals surface area contributed by atoms with Crippen LogP contribution in [0.15, 0.2) is 30.5 Å². The van der Waals surface area contributed by atoms with Crippen LogP contribution in [-0.2, 0) is 16.1 Å². The van der Waals surface area contributed by atoms with Crippen LogP contribution in [0.4, 0.5) is 5.95 Å². The second-order valence-corrected chi connectivity index (χ2v) is 7.39. The van der Waals surface area contributed by atoms with E-state index in [1.165, 1.54) is 6.92 Å². The number of methoxy groups -OCH3 is 1. The van der Waals surface area contributed by atoms with Gasteiger partial charge in [0.05, 0.1) is 6.61 Å². The fraction of sp³-hybridized carbons (Fsp3) is 0.350. The molecule has 0 aliphatic rings. The average Bonchev–Trinajstić information content (AvgIpc) is 3.09. The van der Waals surface area contributed by atoms with E-state index >= 15 is 0 Å². The van der Waals surface area contributed by atoms with Gasteiger partial charge in [0.15, 0.2) is 5.65 Å². The lowest BCUT2D eigenvalue weighted by Gasteiger charge is -2.20. The van der Waals surface area contributed by atoms with Gasteiger partial charge in [-0.2, -0.15) is 0 Å². The standard InChI is InChI=1S/C20H23Cl2N5O2/c1-4-26(7-8-29-3)20-25-24-19-9-14(11-23-13(2)28)17(12-27(19)20)16-6-5-15(21)10-18(16)22/h5-6,9-10,12H,4,7-8,11H2,1-3H3,(H,23,28). The molecule has 9 heteroatoms. The summed E-state index contributed by atoms with van der Waals surface area (Å²) in [4.78, 5) is 13.6. The molecule has 0 aliphatic heterocycles. The van der Waals surface area contributed by atoms with E-state index < -0.39 is 0 Å². The average molecular weight is 436 g/mol. The minimum atomic E-state index is -0.114. The topological polar surface area (TPSA) is 71.8 Å². The quantitative estimate of drug-likeness (QED) is 0.582. The van der Waals surface area contributed by atoms with Gasteiger partial charge in [-0.1, -0.05) is 29.3 Å². The van der Waals surface area contributed by atoms with Gasteiger partial charge < -0.3 is 15.0 Å². The number of ether oxygens (including phenoxy) is 1. The second-order valence-electron chi connectivity index (χ2n) is 6.55. The third kappa shape index (κ3) is 4.80. The zero-order chi connectivity index (χ0) is 21.0. The van der Waals surface area contributed by atoms with Crippen molar-refractivity contribution < 1.29 is 9.53 Å². The van der Waals surface area contributed by atoms with Crippen LogP contribution in [0.3, 0.4) is 0 Å². The number of rotatable bonds is 8. The zero-order valence-corrected chi connectivity index (χ0v) is 18.1. The Hall–Kier alpha value is -2.35. The molecule has 0 radical (unpaired) electrons. The molecule has 0 atom stereocenters. The van der Waals surface area contributed by atoms with Crippen LogP contribution in [0.25, 0.3) is 16.8 Å². The Labute approximate surface area is 179 Å². The van der Waals surface area contributed by atoms with Crippen molar-refractivity contribution >= 4 is 40.7 Å². The number of pyridine rings is 1. The normalized spacial score (nSPS) is 11.1. The van der Waals surface area contributed by atoms with E-state index in [0.717, 1.165) is 29.2 Å². The summed E-state index contributed by atoms with van der Waals surface area (Å²) in [6, 6.07) is 7.28. The molecule has 0 spiro atoms. The highest BCUT2D eigenvalue weighted by Gasteiger charge is 2.17. The van der Waals surface area contributed by atoms with Gasteiger partial charge in [0.2, 0.25) is 11.9 Å². The molecule has 7 nitrogen and oxygen atoms in total. The monoisotopic (exact) mass is 435 g/mol. The first-order valence-electron chi connectivity index (χ1n) is 9.26. The number of aromatic nitrogens is 3. The summed E-state index contributed by atoms with van der Waals surface area (Å²) in [5.41, 5.74) is 3.26. The van der Waals surface area contributed by atoms with E-state index in [1.807, 2.05) is 22.7 Å². The van der Waals surface area contributed by atoms with Crippen LogP contribution in [0.1, 0.15) is 19.4 Å². The molecule has 29 heavy (non-hydrogen) atoms. The maximum Gasteiger partial charge on any atom is 0.231 e. The molecule has 2 aromatic heterocycles. The number of amides is 1. The molecule has 3 rings (SSSR count). The summed E-state index contributed by atoms with van der Waals surface area (Å²) in [7, 11) is 1.67. The summed E-state index contributed by atoms with van der Waals surface area (Å²) < 4.78 is 7.14. The van der Waals surface area contributed by atoms with Crippen LogP contribution in [0, 0.1) is 0 Å². The van der Waals surface area contributed by atoms with E-state index in [0.29, 0.717) is 35.4 Å². The number of carbonyl (C=O) groups excluding carboxylic acids is 1. The summed E-state index contributed by atoms with van der Waals surface area (Å²) in [6.45, 7) is 5.92. The number of hydrogen-bond donors (Lipinski definition) is 1. The summed E-state index contributed by atoms with van der Waals surface area (Å²) in [5, 5.41) is 12.6. The van der Waals surface area contributed by atoms with Gasteiger partial charge in [0.25, 0.3) is 0 Å². The predicted octanol–water partition coefficient (Wildman–Crippen LogP) is 3.81. The number of anilines is 1. The molecule has 1 N–H and O–H groups in total. The van der Waals surface area contributed by atoms with Gasteiger partial charge in [-0.15, -0.1) is 10.2 Å². The van der Waals surface area contributed by atoms with Crippen LogP contribution in [-0.4, -0.2) is 47.3 Å². The molecule has 1 amide bonds. The summed E-state index contributed by atoms with van der Waals surface area (Å²) in [5.74, 6) is 0.605. The van der Waals surface area contributed by atoms with Gasteiger partial charge >= 0.3 is 0 Å².